The van der Waals surface area contributed by atoms with Crippen LogP contribution in [-0.2, 0) is 11.2 Å². The molecule has 8 heteroatoms. The van der Waals surface area contributed by atoms with Gasteiger partial charge >= 0.3 is 5.97 Å². The summed E-state index contributed by atoms with van der Waals surface area (Å²) in [5.41, 5.74) is 0.478. The van der Waals surface area contributed by atoms with Crippen LogP contribution in [0, 0.1) is 0 Å². The number of hydrogen-bond donors (Lipinski definition) is 3. The van der Waals surface area contributed by atoms with E-state index in [0.29, 0.717) is 5.56 Å². The molecular weight excluding hydrogens is 357 g/mol. The summed E-state index contributed by atoms with van der Waals surface area (Å²) in [5.74, 6) is -1.79. The lowest BCUT2D eigenvalue weighted by atomic mass is 10.1. The summed E-state index contributed by atoms with van der Waals surface area (Å²) >= 11 is 12.0. The Balaban J connectivity index is 2.37. The maximum absolute atomic E-state index is 12.5. The highest BCUT2D eigenvalue weighted by Gasteiger charge is 2.20. The summed E-state index contributed by atoms with van der Waals surface area (Å²) in [4.78, 5) is 23.3. The molecule has 1 amide bonds. The third kappa shape index (κ3) is 3.90. The van der Waals surface area contributed by atoms with E-state index >= 15 is 0 Å². The quantitative estimate of drug-likeness (QED) is 0.699. The maximum atomic E-state index is 12.5. The van der Waals surface area contributed by atoms with Gasteiger partial charge in [-0.1, -0.05) is 29.3 Å². The molecule has 0 heterocycles. The van der Waals surface area contributed by atoms with Crippen LogP contribution in [0.3, 0.4) is 0 Å². The number of methoxy groups -OCH3 is 1. The number of ether oxygens (including phenoxy) is 1. The molecule has 0 bridgehead atoms. The number of rotatable bonds is 5. The smallest absolute Gasteiger partial charge is 0.307 e. The molecule has 0 aliphatic carbocycles. The molecule has 0 aliphatic heterocycles. The predicted octanol–water partition coefficient (Wildman–Crippen LogP) is 3.59. The van der Waals surface area contributed by atoms with Crippen LogP contribution in [0.1, 0.15) is 15.9 Å². The van der Waals surface area contributed by atoms with Gasteiger partial charge in [-0.15, -0.1) is 0 Å². The van der Waals surface area contributed by atoms with Crippen LogP contribution >= 0.6 is 23.2 Å². The van der Waals surface area contributed by atoms with E-state index in [1.807, 2.05) is 0 Å². The average molecular weight is 370 g/mol. The van der Waals surface area contributed by atoms with E-state index < -0.39 is 11.9 Å². The maximum Gasteiger partial charge on any atom is 0.307 e. The number of carbonyl (C=O) groups is 2. The Kier molecular flexibility index (Phi) is 5.54. The van der Waals surface area contributed by atoms with E-state index in [0.717, 1.165) is 0 Å². The van der Waals surface area contributed by atoms with Gasteiger partial charge in [0, 0.05) is 0 Å². The molecule has 0 atom stereocenters. The van der Waals surface area contributed by atoms with Crippen LogP contribution < -0.4 is 10.1 Å². The summed E-state index contributed by atoms with van der Waals surface area (Å²) < 4.78 is 5.10. The molecule has 2 aromatic carbocycles. The van der Waals surface area contributed by atoms with Gasteiger partial charge < -0.3 is 20.3 Å². The van der Waals surface area contributed by atoms with Crippen molar-refractivity contribution in [2.75, 3.05) is 12.4 Å². The number of phenolic OH excluding ortho intramolecular Hbond substituents is 1. The molecule has 0 saturated heterocycles. The lowest BCUT2D eigenvalue weighted by Gasteiger charge is -2.13. The first-order valence-electron chi connectivity index (χ1n) is 6.70. The Bertz CT molecular complexity index is 807. The number of anilines is 1. The van der Waals surface area contributed by atoms with E-state index in [4.69, 9.17) is 33.0 Å². The third-order valence-corrected chi connectivity index (χ3v) is 3.77. The zero-order valence-corrected chi connectivity index (χ0v) is 14.0. The minimum atomic E-state index is -1.03. The van der Waals surface area contributed by atoms with E-state index in [-0.39, 0.29) is 39.2 Å². The second kappa shape index (κ2) is 7.42. The van der Waals surface area contributed by atoms with Crippen molar-refractivity contribution in [2.24, 2.45) is 0 Å². The SMILES string of the molecule is COc1c(Cl)ccc(Cl)c1C(=O)Nc1cc(CC(=O)O)ccc1O. The number of hydrogen-bond acceptors (Lipinski definition) is 4. The summed E-state index contributed by atoms with van der Waals surface area (Å²) in [7, 11) is 1.35. The Labute approximate surface area is 147 Å². The lowest BCUT2D eigenvalue weighted by molar-refractivity contribution is -0.136. The number of halogens is 2. The zero-order valence-electron chi connectivity index (χ0n) is 12.5. The van der Waals surface area contributed by atoms with Crippen molar-refractivity contribution in [1.29, 1.82) is 0 Å². The van der Waals surface area contributed by atoms with Crippen molar-refractivity contribution in [3.8, 4) is 11.5 Å². The van der Waals surface area contributed by atoms with E-state index in [1.165, 1.54) is 37.4 Å². The minimum absolute atomic E-state index is 0.00899. The molecule has 0 fully saturated rings. The number of benzene rings is 2. The van der Waals surface area contributed by atoms with Crippen molar-refractivity contribution in [3.63, 3.8) is 0 Å². The van der Waals surface area contributed by atoms with Gasteiger partial charge in [-0.05, 0) is 29.8 Å². The van der Waals surface area contributed by atoms with E-state index in [2.05, 4.69) is 5.32 Å². The zero-order chi connectivity index (χ0) is 17.9. The summed E-state index contributed by atoms with van der Waals surface area (Å²) in [6.45, 7) is 0. The first kappa shape index (κ1) is 17.9. The molecule has 0 aliphatic rings. The average Bonchev–Trinajstić information content (AvgIpc) is 2.51. The van der Waals surface area contributed by atoms with Gasteiger partial charge in [-0.25, -0.2) is 0 Å². The van der Waals surface area contributed by atoms with Gasteiger partial charge in [0.15, 0.2) is 5.75 Å². The van der Waals surface area contributed by atoms with Gasteiger partial charge in [0.2, 0.25) is 0 Å². The Morgan fingerprint density at radius 3 is 2.46 bits per heavy atom. The van der Waals surface area contributed by atoms with Gasteiger partial charge in [0.1, 0.15) is 11.3 Å². The lowest BCUT2D eigenvalue weighted by Crippen LogP contribution is -2.14. The van der Waals surface area contributed by atoms with Crippen molar-refractivity contribution in [2.45, 2.75) is 6.42 Å². The number of nitrogens with one attached hydrogen (secondary N) is 1. The van der Waals surface area contributed by atoms with Crippen LogP contribution in [0.5, 0.6) is 11.5 Å². The number of amides is 1. The van der Waals surface area contributed by atoms with Crippen molar-refractivity contribution in [1.82, 2.24) is 0 Å². The predicted molar refractivity (Wildman–Crippen MR) is 90.4 cm³/mol. The fraction of sp³-hybridized carbons (Fsp3) is 0.125. The van der Waals surface area contributed by atoms with Crippen molar-refractivity contribution in [3.05, 3.63) is 51.5 Å². The number of carbonyl (C=O) groups excluding carboxylic acids is 1. The molecule has 0 spiro atoms. The van der Waals surface area contributed by atoms with Gasteiger partial charge in [-0.3, -0.25) is 9.59 Å². The number of phenols is 1. The standard InChI is InChI=1S/C16H13Cl2NO5/c1-24-15-10(18)4-3-9(17)14(15)16(23)19-11-6-8(7-13(21)22)2-5-12(11)20/h2-6,20H,7H2,1H3,(H,19,23)(H,21,22). The molecule has 2 aromatic rings. The molecular formula is C16H13Cl2NO5. The molecule has 6 nitrogen and oxygen atoms in total. The molecule has 2 rings (SSSR count). The molecule has 0 saturated carbocycles. The number of carboxylic acid groups (broad SMARTS) is 1. The summed E-state index contributed by atoms with van der Waals surface area (Å²) in [6, 6.07) is 7.05. The topological polar surface area (TPSA) is 95.9 Å². The van der Waals surface area contributed by atoms with Crippen LogP contribution in [0.4, 0.5) is 5.69 Å². The molecule has 126 valence electrons. The number of aromatic hydroxyl groups is 1. The second-order valence-corrected chi connectivity index (χ2v) is 5.63. The Morgan fingerprint density at radius 2 is 1.83 bits per heavy atom. The van der Waals surface area contributed by atoms with Gasteiger partial charge in [0.25, 0.3) is 5.91 Å². The Morgan fingerprint density at radius 1 is 1.17 bits per heavy atom. The van der Waals surface area contributed by atoms with Crippen molar-refractivity contribution >= 4 is 40.8 Å². The minimum Gasteiger partial charge on any atom is -0.506 e. The molecule has 0 radical (unpaired) electrons. The molecule has 0 unspecified atom stereocenters. The first-order chi connectivity index (χ1) is 11.3. The number of aliphatic carboxylic acids is 1. The highest BCUT2D eigenvalue weighted by molar-refractivity contribution is 6.37. The van der Waals surface area contributed by atoms with Crippen LogP contribution in [0.15, 0.2) is 30.3 Å². The summed E-state index contributed by atoms with van der Waals surface area (Å²) in [6.07, 6.45) is -0.246. The largest absolute Gasteiger partial charge is 0.506 e. The highest BCUT2D eigenvalue weighted by atomic mass is 35.5. The van der Waals surface area contributed by atoms with Crippen LogP contribution in [0.25, 0.3) is 0 Å². The van der Waals surface area contributed by atoms with Gasteiger partial charge in [0.05, 0.1) is 29.3 Å². The van der Waals surface area contributed by atoms with Crippen LogP contribution in [0.2, 0.25) is 10.0 Å². The first-order valence-corrected chi connectivity index (χ1v) is 7.46. The fourth-order valence-corrected chi connectivity index (χ4v) is 2.57. The fourth-order valence-electron chi connectivity index (χ4n) is 2.10. The van der Waals surface area contributed by atoms with Gasteiger partial charge in [-0.2, -0.15) is 0 Å². The second-order valence-electron chi connectivity index (χ2n) is 4.81. The Hall–Kier alpha value is -2.44. The normalized spacial score (nSPS) is 10.3. The highest BCUT2D eigenvalue weighted by Crippen LogP contribution is 2.35. The van der Waals surface area contributed by atoms with Crippen LogP contribution in [-0.4, -0.2) is 29.2 Å². The van der Waals surface area contributed by atoms with E-state index in [9.17, 15) is 14.7 Å². The molecule has 24 heavy (non-hydrogen) atoms. The molecule has 3 N–H and O–H groups in total. The van der Waals surface area contributed by atoms with Crippen molar-refractivity contribution < 1.29 is 24.5 Å². The third-order valence-electron chi connectivity index (χ3n) is 3.15. The molecule has 0 aromatic heterocycles. The summed E-state index contributed by atoms with van der Waals surface area (Å²) in [5, 5.41) is 21.5. The number of carboxylic acids is 1. The van der Waals surface area contributed by atoms with E-state index in [1.54, 1.807) is 0 Å². The monoisotopic (exact) mass is 369 g/mol.